The molecule has 8 nitrogen and oxygen atoms in total. The summed E-state index contributed by atoms with van der Waals surface area (Å²) in [6.45, 7) is 4.45. The fourth-order valence-corrected chi connectivity index (χ4v) is 3.81. The number of unbranched alkanes of at least 4 members (excludes halogenated alkanes) is 5. The summed E-state index contributed by atoms with van der Waals surface area (Å²) in [6, 6.07) is 5.00. The van der Waals surface area contributed by atoms with E-state index in [1.54, 1.807) is 25.0 Å². The summed E-state index contributed by atoms with van der Waals surface area (Å²) in [4.78, 5) is 17.4. The highest BCUT2D eigenvalue weighted by Gasteiger charge is 2.36. The number of fused-ring (bicyclic) bond motifs is 1. The van der Waals surface area contributed by atoms with E-state index in [4.69, 9.17) is 14.2 Å². The van der Waals surface area contributed by atoms with Crippen molar-refractivity contribution in [2.45, 2.75) is 58.4 Å². The molecule has 1 aliphatic rings. The lowest BCUT2D eigenvalue weighted by atomic mass is 9.95. The Morgan fingerprint density at radius 3 is 2.65 bits per heavy atom. The first-order valence-electron chi connectivity index (χ1n) is 10.9. The van der Waals surface area contributed by atoms with Crippen LogP contribution in [0.5, 0.6) is 11.5 Å². The van der Waals surface area contributed by atoms with E-state index in [1.165, 1.54) is 32.0 Å². The summed E-state index contributed by atoms with van der Waals surface area (Å²) in [5, 5.41) is 7.51. The van der Waals surface area contributed by atoms with Gasteiger partial charge in [0.05, 0.1) is 26.4 Å². The summed E-state index contributed by atoms with van der Waals surface area (Å²) < 4.78 is 18.3. The summed E-state index contributed by atoms with van der Waals surface area (Å²) >= 11 is 0. The second-order valence-corrected chi connectivity index (χ2v) is 7.61. The molecule has 0 fully saturated rings. The van der Waals surface area contributed by atoms with Crippen LogP contribution in [-0.2, 0) is 9.53 Å². The zero-order valence-electron chi connectivity index (χ0n) is 18.8. The van der Waals surface area contributed by atoms with Gasteiger partial charge in [-0.3, -0.25) is 0 Å². The Morgan fingerprint density at radius 1 is 1.13 bits per heavy atom. The lowest BCUT2D eigenvalue weighted by molar-refractivity contribution is -0.139. The first-order valence-corrected chi connectivity index (χ1v) is 10.9. The van der Waals surface area contributed by atoms with Crippen molar-refractivity contribution in [1.29, 1.82) is 0 Å². The number of nitrogens with zero attached hydrogens (tertiary/aromatic N) is 3. The molecule has 2 aromatic rings. The van der Waals surface area contributed by atoms with Crippen LogP contribution in [0, 0.1) is 0 Å². The van der Waals surface area contributed by atoms with Crippen LogP contribution in [0.4, 0.5) is 5.95 Å². The lowest BCUT2D eigenvalue weighted by Crippen LogP contribution is -2.30. The van der Waals surface area contributed by atoms with Crippen LogP contribution >= 0.6 is 0 Å². The van der Waals surface area contributed by atoms with Crippen LogP contribution in [0.25, 0.3) is 0 Å². The van der Waals surface area contributed by atoms with Gasteiger partial charge in [0.15, 0.2) is 0 Å². The average Bonchev–Trinajstić information content (AvgIpc) is 3.25. The van der Waals surface area contributed by atoms with Gasteiger partial charge in [-0.2, -0.15) is 10.1 Å². The number of carbonyl (C=O) groups is 1. The minimum Gasteiger partial charge on any atom is -0.497 e. The number of benzene rings is 1. The maximum absolute atomic E-state index is 13.1. The number of hydrogen-bond acceptors (Lipinski definition) is 7. The average molecular weight is 429 g/mol. The molecule has 0 saturated heterocycles. The maximum atomic E-state index is 13.1. The smallest absolute Gasteiger partial charge is 0.338 e. The highest BCUT2D eigenvalue weighted by molar-refractivity contribution is 5.92. The molecule has 3 rings (SSSR count). The van der Waals surface area contributed by atoms with E-state index in [0.717, 1.165) is 18.4 Å². The van der Waals surface area contributed by atoms with Crippen LogP contribution in [0.2, 0.25) is 0 Å². The van der Waals surface area contributed by atoms with E-state index in [9.17, 15) is 4.79 Å². The zero-order chi connectivity index (χ0) is 22.2. The number of carbonyl (C=O) groups excluding carboxylic acids is 1. The summed E-state index contributed by atoms with van der Waals surface area (Å²) in [5.74, 6) is 1.47. The number of esters is 1. The number of aromatic nitrogens is 3. The standard InChI is InChI=1S/C23H32N4O4/c1-5-6-7-8-9-10-13-31-22(28)20-16(2)26-23-24-15-25-27(23)21(20)18-12-11-17(29-3)14-19(18)30-4/h11-12,14-15,21H,5-10,13H2,1-4H3,(H,24,25,26)/t21-/m1/s1. The Labute approximate surface area is 183 Å². The van der Waals surface area contributed by atoms with E-state index in [1.807, 2.05) is 19.1 Å². The van der Waals surface area contributed by atoms with Crippen molar-refractivity contribution >= 4 is 11.9 Å². The maximum Gasteiger partial charge on any atom is 0.338 e. The monoisotopic (exact) mass is 428 g/mol. The normalized spacial score (nSPS) is 15.3. The van der Waals surface area contributed by atoms with Crippen LogP contribution in [-0.4, -0.2) is 41.6 Å². The molecule has 1 aromatic heterocycles. The molecule has 31 heavy (non-hydrogen) atoms. The second-order valence-electron chi connectivity index (χ2n) is 7.61. The number of allylic oxidation sites excluding steroid dienone is 1. The Bertz CT molecular complexity index is 922. The number of ether oxygens (including phenoxy) is 3. The second kappa shape index (κ2) is 10.8. The number of nitrogens with one attached hydrogen (secondary N) is 1. The predicted molar refractivity (Wildman–Crippen MR) is 118 cm³/mol. The van der Waals surface area contributed by atoms with Gasteiger partial charge in [0.1, 0.15) is 23.9 Å². The quantitative estimate of drug-likeness (QED) is 0.417. The van der Waals surface area contributed by atoms with Crippen molar-refractivity contribution in [3.8, 4) is 11.5 Å². The van der Waals surface area contributed by atoms with Crippen molar-refractivity contribution < 1.29 is 19.0 Å². The molecule has 0 saturated carbocycles. The largest absolute Gasteiger partial charge is 0.497 e. The molecule has 0 bridgehead atoms. The fourth-order valence-electron chi connectivity index (χ4n) is 3.81. The molecule has 1 aliphatic heterocycles. The Kier molecular flexibility index (Phi) is 7.92. The predicted octanol–water partition coefficient (Wildman–Crippen LogP) is 4.49. The van der Waals surface area contributed by atoms with E-state index < -0.39 is 6.04 Å². The van der Waals surface area contributed by atoms with Crippen molar-refractivity contribution in [2.75, 3.05) is 26.1 Å². The Balaban J connectivity index is 1.82. The van der Waals surface area contributed by atoms with Gasteiger partial charge in [0.25, 0.3) is 0 Å². The summed E-state index contributed by atoms with van der Waals surface area (Å²) in [7, 11) is 3.19. The van der Waals surface area contributed by atoms with Crippen molar-refractivity contribution in [2.24, 2.45) is 0 Å². The van der Waals surface area contributed by atoms with Gasteiger partial charge in [-0.05, 0) is 25.5 Å². The van der Waals surface area contributed by atoms with Crippen molar-refractivity contribution in [3.63, 3.8) is 0 Å². The molecular weight excluding hydrogens is 396 g/mol. The molecule has 1 atom stereocenters. The number of methoxy groups -OCH3 is 2. The number of hydrogen-bond donors (Lipinski definition) is 1. The molecule has 0 radical (unpaired) electrons. The van der Waals surface area contributed by atoms with Crippen LogP contribution < -0.4 is 14.8 Å². The summed E-state index contributed by atoms with van der Waals surface area (Å²) in [6.07, 6.45) is 8.25. The van der Waals surface area contributed by atoms with Gasteiger partial charge >= 0.3 is 5.97 Å². The molecule has 0 unspecified atom stereocenters. The third-order valence-electron chi connectivity index (χ3n) is 5.48. The van der Waals surface area contributed by atoms with Gasteiger partial charge in [0.2, 0.25) is 5.95 Å². The van der Waals surface area contributed by atoms with Crippen LogP contribution in [0.1, 0.15) is 64.0 Å². The molecule has 168 valence electrons. The molecule has 0 amide bonds. The first-order chi connectivity index (χ1) is 15.1. The molecule has 1 aromatic carbocycles. The van der Waals surface area contributed by atoms with Gasteiger partial charge in [-0.15, -0.1) is 0 Å². The van der Waals surface area contributed by atoms with Crippen LogP contribution in [0.15, 0.2) is 35.8 Å². The highest BCUT2D eigenvalue weighted by atomic mass is 16.5. The zero-order valence-corrected chi connectivity index (χ0v) is 18.8. The van der Waals surface area contributed by atoms with E-state index in [-0.39, 0.29) is 5.97 Å². The molecule has 0 aliphatic carbocycles. The lowest BCUT2D eigenvalue weighted by Gasteiger charge is -2.29. The van der Waals surface area contributed by atoms with Gasteiger partial charge in [0, 0.05) is 17.3 Å². The molecule has 8 heteroatoms. The minimum atomic E-state index is -0.517. The number of rotatable bonds is 11. The van der Waals surface area contributed by atoms with Crippen molar-refractivity contribution in [3.05, 3.63) is 41.4 Å². The third-order valence-corrected chi connectivity index (χ3v) is 5.48. The topological polar surface area (TPSA) is 87.5 Å². The Morgan fingerprint density at radius 2 is 1.90 bits per heavy atom. The molecular formula is C23H32N4O4. The van der Waals surface area contributed by atoms with Crippen molar-refractivity contribution in [1.82, 2.24) is 14.8 Å². The van der Waals surface area contributed by atoms with E-state index >= 15 is 0 Å². The first kappa shape index (κ1) is 22.7. The van der Waals surface area contributed by atoms with Gasteiger partial charge < -0.3 is 19.5 Å². The fraction of sp³-hybridized carbons (Fsp3) is 0.522. The molecule has 1 N–H and O–H groups in total. The highest BCUT2D eigenvalue weighted by Crippen LogP contribution is 2.40. The van der Waals surface area contributed by atoms with Crippen LogP contribution in [0.3, 0.4) is 0 Å². The minimum absolute atomic E-state index is 0.359. The molecule has 2 heterocycles. The Hall–Kier alpha value is -3.03. The van der Waals surface area contributed by atoms with E-state index in [0.29, 0.717) is 35.3 Å². The summed E-state index contributed by atoms with van der Waals surface area (Å²) in [5.41, 5.74) is 1.96. The van der Waals surface area contributed by atoms with E-state index in [2.05, 4.69) is 22.3 Å². The SMILES string of the molecule is CCCCCCCCOC(=O)C1=C(C)Nc2ncnn2[C@@H]1c1ccc(OC)cc1OC. The van der Waals surface area contributed by atoms with Gasteiger partial charge in [-0.1, -0.05) is 39.0 Å². The third kappa shape index (κ3) is 5.18. The number of anilines is 1. The molecule has 0 spiro atoms. The van der Waals surface area contributed by atoms with Gasteiger partial charge in [-0.25, -0.2) is 9.48 Å².